The van der Waals surface area contributed by atoms with Crippen LogP contribution in [0.15, 0.2) is 77.7 Å². The fraction of sp³-hybridized carbons (Fsp3) is 0.130. The van der Waals surface area contributed by atoms with Gasteiger partial charge in [0.15, 0.2) is 21.4 Å². The van der Waals surface area contributed by atoms with Crippen LogP contribution in [0.2, 0.25) is 0 Å². The van der Waals surface area contributed by atoms with Crippen LogP contribution < -0.4 is 0 Å². The van der Waals surface area contributed by atoms with E-state index in [1.165, 1.54) is 36.4 Å². The number of hydrogen-bond donors (Lipinski definition) is 0. The summed E-state index contributed by atoms with van der Waals surface area (Å²) in [6.45, 7) is 1.75. The van der Waals surface area contributed by atoms with Gasteiger partial charge in [-0.05, 0) is 31.2 Å². The predicted molar refractivity (Wildman–Crippen MR) is 122 cm³/mol. The smallest absolute Gasteiger partial charge is 0.270 e. The Labute approximate surface area is 194 Å². The van der Waals surface area contributed by atoms with E-state index in [4.69, 9.17) is 0 Å². The topological polar surface area (TPSA) is 155 Å². The van der Waals surface area contributed by atoms with Crippen molar-refractivity contribution in [1.82, 2.24) is 0 Å². The van der Waals surface area contributed by atoms with E-state index < -0.39 is 48.6 Å². The molecule has 0 bridgehead atoms. The molecule has 174 valence electrons. The quantitative estimate of drug-likeness (QED) is 0.251. The molecule has 10 nitrogen and oxygen atoms in total. The molecule has 0 aliphatic heterocycles. The Morgan fingerprint density at radius 2 is 1.41 bits per heavy atom. The summed E-state index contributed by atoms with van der Waals surface area (Å²) in [6, 6.07) is 14.9. The Hall–Kier alpha value is -4.25. The molecule has 0 aromatic heterocycles. The Balaban J connectivity index is 2.04. The number of non-ortho nitro benzene ring substituents is 2. The number of ketones is 2. The summed E-state index contributed by atoms with van der Waals surface area (Å²) in [5.41, 5.74) is -0.123. The van der Waals surface area contributed by atoms with Gasteiger partial charge in [0.25, 0.3) is 11.4 Å². The molecule has 0 aliphatic rings. The molecule has 0 heterocycles. The molecular weight excluding hydrogens is 464 g/mol. The Morgan fingerprint density at radius 1 is 0.824 bits per heavy atom. The van der Waals surface area contributed by atoms with Crippen molar-refractivity contribution < 1.29 is 27.9 Å². The number of sulfone groups is 1. The summed E-state index contributed by atoms with van der Waals surface area (Å²) in [4.78, 5) is 46.6. The van der Waals surface area contributed by atoms with Gasteiger partial charge in [0.05, 0.1) is 14.7 Å². The maximum Gasteiger partial charge on any atom is 0.270 e. The van der Waals surface area contributed by atoms with Crippen LogP contribution in [0.5, 0.6) is 0 Å². The van der Waals surface area contributed by atoms with Crippen LogP contribution in [0.25, 0.3) is 0 Å². The minimum absolute atomic E-state index is 0.0125. The van der Waals surface area contributed by atoms with Crippen molar-refractivity contribution in [3.8, 4) is 0 Å². The van der Waals surface area contributed by atoms with Crippen molar-refractivity contribution in [3.05, 3.63) is 110 Å². The molecule has 0 saturated carbocycles. The lowest BCUT2D eigenvalue weighted by atomic mass is 10.0. The molecule has 0 fully saturated rings. The number of carbonyl (C=O) groups is 2. The lowest BCUT2D eigenvalue weighted by Crippen LogP contribution is -2.33. The SMILES string of the molecule is Cc1ccc(S(=O)(=O)[C@@H](CC(=O)c2ccc([N+](=O)[O-])cc2)C(=O)c2cccc([N+](=O)[O-])c2)cc1. The third kappa shape index (κ3) is 5.21. The summed E-state index contributed by atoms with van der Waals surface area (Å²) in [7, 11) is -4.37. The van der Waals surface area contributed by atoms with Gasteiger partial charge in [0.2, 0.25) is 0 Å². The molecule has 0 spiro atoms. The number of rotatable bonds is 9. The highest BCUT2D eigenvalue weighted by molar-refractivity contribution is 7.92. The second-order valence-electron chi connectivity index (χ2n) is 7.45. The highest BCUT2D eigenvalue weighted by Gasteiger charge is 2.37. The van der Waals surface area contributed by atoms with Crippen LogP contribution >= 0.6 is 0 Å². The summed E-state index contributed by atoms with van der Waals surface area (Å²) in [6.07, 6.45) is -0.754. The molecular formula is C23H18N2O8S. The number of nitro benzene ring substituents is 2. The lowest BCUT2D eigenvalue weighted by molar-refractivity contribution is -0.385. The number of aryl methyl sites for hydroxylation is 1. The van der Waals surface area contributed by atoms with Gasteiger partial charge in [-0.1, -0.05) is 29.8 Å². The van der Waals surface area contributed by atoms with Gasteiger partial charge in [-0.15, -0.1) is 0 Å². The van der Waals surface area contributed by atoms with Crippen LogP contribution in [-0.2, 0) is 9.84 Å². The zero-order chi connectivity index (χ0) is 25.0. The van der Waals surface area contributed by atoms with Crippen molar-refractivity contribution in [1.29, 1.82) is 0 Å². The van der Waals surface area contributed by atoms with Crippen molar-refractivity contribution in [2.45, 2.75) is 23.5 Å². The lowest BCUT2D eigenvalue weighted by Gasteiger charge is -2.17. The van der Waals surface area contributed by atoms with Gasteiger partial charge >= 0.3 is 0 Å². The molecule has 0 radical (unpaired) electrons. The summed E-state index contributed by atoms with van der Waals surface area (Å²) in [5, 5.41) is 20.1. The van der Waals surface area contributed by atoms with E-state index in [1.54, 1.807) is 19.1 Å². The van der Waals surface area contributed by atoms with E-state index in [-0.39, 0.29) is 21.7 Å². The number of nitrogens with zero attached hydrogens (tertiary/aromatic N) is 2. The first-order chi connectivity index (χ1) is 16.0. The summed E-state index contributed by atoms with van der Waals surface area (Å²) < 4.78 is 26.8. The number of Topliss-reactive ketones (excluding diaryl/α,β-unsaturated/α-hetero) is 2. The molecule has 11 heteroatoms. The monoisotopic (exact) mass is 482 g/mol. The molecule has 0 unspecified atom stereocenters. The fourth-order valence-corrected chi connectivity index (χ4v) is 4.88. The minimum atomic E-state index is -4.37. The molecule has 0 amide bonds. The van der Waals surface area contributed by atoms with Crippen LogP contribution in [0.4, 0.5) is 11.4 Å². The van der Waals surface area contributed by atoms with Crippen LogP contribution in [-0.4, -0.2) is 35.1 Å². The average molecular weight is 482 g/mol. The van der Waals surface area contributed by atoms with Crippen molar-refractivity contribution in [2.24, 2.45) is 0 Å². The molecule has 1 atom stereocenters. The van der Waals surface area contributed by atoms with Gasteiger partial charge in [-0.2, -0.15) is 0 Å². The van der Waals surface area contributed by atoms with E-state index in [9.17, 15) is 38.2 Å². The predicted octanol–water partition coefficient (Wildman–Crippen LogP) is 4.11. The highest BCUT2D eigenvalue weighted by Crippen LogP contribution is 2.26. The minimum Gasteiger partial charge on any atom is -0.294 e. The highest BCUT2D eigenvalue weighted by atomic mass is 32.2. The molecule has 0 aliphatic carbocycles. The second kappa shape index (κ2) is 9.71. The van der Waals surface area contributed by atoms with E-state index in [1.807, 2.05) is 0 Å². The van der Waals surface area contributed by atoms with E-state index in [0.717, 1.165) is 29.8 Å². The Bertz CT molecular complexity index is 1380. The third-order valence-corrected chi connectivity index (χ3v) is 7.19. The third-order valence-electron chi connectivity index (χ3n) is 5.13. The first kappa shape index (κ1) is 24.4. The second-order valence-corrected chi connectivity index (χ2v) is 9.58. The van der Waals surface area contributed by atoms with Gasteiger partial charge in [0.1, 0.15) is 5.25 Å². The standard InChI is InChI=1S/C23H18N2O8S/c1-15-5-11-20(12-6-15)34(32,33)22(23(27)17-3-2-4-19(13-17)25(30)31)14-21(26)16-7-9-18(10-8-16)24(28)29/h2-13,22H,14H2,1H3/t22-/m0/s1. The molecule has 3 aromatic carbocycles. The van der Waals surface area contributed by atoms with E-state index in [2.05, 4.69) is 0 Å². The molecule has 0 saturated heterocycles. The maximum atomic E-state index is 13.4. The Kier molecular flexibility index (Phi) is 6.97. The molecule has 0 N–H and O–H groups in total. The first-order valence-corrected chi connectivity index (χ1v) is 11.4. The summed E-state index contributed by atoms with van der Waals surface area (Å²) >= 11 is 0. The van der Waals surface area contributed by atoms with Gasteiger partial charge in [0, 0.05) is 41.8 Å². The molecule has 3 rings (SSSR count). The zero-order valence-electron chi connectivity index (χ0n) is 17.8. The first-order valence-electron chi connectivity index (χ1n) is 9.87. The van der Waals surface area contributed by atoms with E-state index >= 15 is 0 Å². The van der Waals surface area contributed by atoms with Gasteiger partial charge in [-0.25, -0.2) is 8.42 Å². The van der Waals surface area contributed by atoms with Gasteiger partial charge < -0.3 is 0 Å². The summed E-state index contributed by atoms with van der Waals surface area (Å²) in [5.74, 6) is -1.70. The molecule has 34 heavy (non-hydrogen) atoms. The maximum absolute atomic E-state index is 13.4. The van der Waals surface area contributed by atoms with E-state index in [0.29, 0.717) is 0 Å². The Morgan fingerprint density at radius 3 is 1.97 bits per heavy atom. The number of benzene rings is 3. The van der Waals surface area contributed by atoms with Crippen LogP contribution in [0, 0.1) is 27.2 Å². The van der Waals surface area contributed by atoms with Crippen molar-refractivity contribution in [3.63, 3.8) is 0 Å². The molecule has 3 aromatic rings. The van der Waals surface area contributed by atoms with Crippen molar-refractivity contribution >= 4 is 32.8 Å². The van der Waals surface area contributed by atoms with Crippen molar-refractivity contribution in [2.75, 3.05) is 0 Å². The normalized spacial score (nSPS) is 12.0. The van der Waals surface area contributed by atoms with Gasteiger partial charge in [-0.3, -0.25) is 29.8 Å². The largest absolute Gasteiger partial charge is 0.294 e. The average Bonchev–Trinajstić information content (AvgIpc) is 2.82. The van der Waals surface area contributed by atoms with Crippen LogP contribution in [0.1, 0.15) is 32.7 Å². The number of nitro groups is 2. The number of carbonyl (C=O) groups excluding carboxylic acids is 2. The zero-order valence-corrected chi connectivity index (χ0v) is 18.6. The number of hydrogen-bond acceptors (Lipinski definition) is 8. The fourth-order valence-electron chi connectivity index (χ4n) is 3.25. The van der Waals surface area contributed by atoms with Crippen LogP contribution in [0.3, 0.4) is 0 Å².